The first-order valence-corrected chi connectivity index (χ1v) is 8.36. The molecule has 3 aromatic rings. The third kappa shape index (κ3) is 3.98. The average Bonchev–Trinajstić information content (AvgIpc) is 3.03. The molecule has 0 aliphatic rings. The van der Waals surface area contributed by atoms with Gasteiger partial charge in [0.2, 0.25) is 5.95 Å². The van der Waals surface area contributed by atoms with Gasteiger partial charge in [-0.2, -0.15) is 9.97 Å². The summed E-state index contributed by atoms with van der Waals surface area (Å²) in [4.78, 5) is 13.4. The first kappa shape index (κ1) is 17.4. The maximum absolute atomic E-state index is 9.64. The number of aryl methyl sites for hydroxylation is 1. The van der Waals surface area contributed by atoms with Crippen LogP contribution in [-0.4, -0.2) is 43.8 Å². The van der Waals surface area contributed by atoms with Crippen molar-refractivity contribution in [1.29, 1.82) is 0 Å². The Morgan fingerprint density at radius 1 is 1.36 bits per heavy atom. The third-order valence-electron chi connectivity index (χ3n) is 3.66. The Hall–Kier alpha value is -2.42. The second kappa shape index (κ2) is 7.64. The number of nitrogens with one attached hydrogen (secondary N) is 2. The molecule has 132 valence electrons. The number of anilines is 3. The van der Waals surface area contributed by atoms with Crippen molar-refractivity contribution in [2.24, 2.45) is 5.73 Å². The van der Waals surface area contributed by atoms with Crippen molar-refractivity contribution < 1.29 is 5.11 Å². The minimum Gasteiger partial charge on any atom is -0.390 e. The molecule has 9 heteroatoms. The van der Waals surface area contributed by atoms with Crippen molar-refractivity contribution in [2.75, 3.05) is 23.7 Å². The van der Waals surface area contributed by atoms with Gasteiger partial charge in [0.05, 0.1) is 12.4 Å². The highest BCUT2D eigenvalue weighted by Crippen LogP contribution is 2.25. The molecule has 5 N–H and O–H groups in total. The SMILES string of the molecule is CCn1cnc2c(Nc3cccc(Cl)c3)nc(NCC(O)CN)nc21. The third-order valence-corrected chi connectivity index (χ3v) is 3.89. The summed E-state index contributed by atoms with van der Waals surface area (Å²) in [5.41, 5.74) is 7.59. The fourth-order valence-electron chi connectivity index (χ4n) is 2.34. The van der Waals surface area contributed by atoms with Gasteiger partial charge >= 0.3 is 0 Å². The number of benzene rings is 1. The number of aliphatic hydroxyl groups excluding tert-OH is 1. The number of hydrogen-bond donors (Lipinski definition) is 4. The van der Waals surface area contributed by atoms with Crippen LogP contribution in [0.15, 0.2) is 30.6 Å². The lowest BCUT2D eigenvalue weighted by molar-refractivity contribution is 0.196. The largest absolute Gasteiger partial charge is 0.390 e. The summed E-state index contributed by atoms with van der Waals surface area (Å²) in [6.07, 6.45) is 1.06. The summed E-state index contributed by atoms with van der Waals surface area (Å²) < 4.78 is 1.92. The molecule has 25 heavy (non-hydrogen) atoms. The normalized spacial score (nSPS) is 12.3. The van der Waals surface area contributed by atoms with E-state index in [9.17, 15) is 5.11 Å². The monoisotopic (exact) mass is 361 g/mol. The van der Waals surface area contributed by atoms with Crippen LogP contribution in [0.3, 0.4) is 0 Å². The number of nitrogens with two attached hydrogens (primary N) is 1. The number of aliphatic hydroxyl groups is 1. The van der Waals surface area contributed by atoms with E-state index in [0.29, 0.717) is 28.0 Å². The van der Waals surface area contributed by atoms with E-state index in [-0.39, 0.29) is 13.1 Å². The smallest absolute Gasteiger partial charge is 0.226 e. The minimum absolute atomic E-state index is 0.162. The molecule has 0 spiro atoms. The van der Waals surface area contributed by atoms with E-state index in [1.54, 1.807) is 18.5 Å². The van der Waals surface area contributed by atoms with Crippen molar-refractivity contribution in [3.8, 4) is 0 Å². The van der Waals surface area contributed by atoms with Crippen LogP contribution < -0.4 is 16.4 Å². The van der Waals surface area contributed by atoms with Gasteiger partial charge in [-0.15, -0.1) is 0 Å². The first-order chi connectivity index (χ1) is 12.1. The lowest BCUT2D eigenvalue weighted by atomic mass is 10.3. The first-order valence-electron chi connectivity index (χ1n) is 7.98. The Kier molecular flexibility index (Phi) is 5.32. The molecule has 0 saturated carbocycles. The highest BCUT2D eigenvalue weighted by atomic mass is 35.5. The van der Waals surface area contributed by atoms with Crippen LogP contribution in [0, 0.1) is 0 Å². The van der Waals surface area contributed by atoms with Gasteiger partial charge in [0.15, 0.2) is 17.0 Å². The van der Waals surface area contributed by atoms with Crippen molar-refractivity contribution in [3.63, 3.8) is 0 Å². The standard InChI is InChI=1S/C16H20ClN7O/c1-2-24-9-20-13-14(21-11-5-3-4-10(17)6-11)22-16(23-15(13)24)19-8-12(25)7-18/h3-6,9,12,25H,2,7-8,18H2,1H3,(H2,19,21,22,23). The summed E-state index contributed by atoms with van der Waals surface area (Å²) in [6.45, 7) is 3.17. The Morgan fingerprint density at radius 2 is 2.20 bits per heavy atom. The number of fused-ring (bicyclic) bond motifs is 1. The van der Waals surface area contributed by atoms with Gasteiger partial charge in [0, 0.05) is 30.3 Å². The van der Waals surface area contributed by atoms with Crippen LogP contribution in [0.25, 0.3) is 11.2 Å². The van der Waals surface area contributed by atoms with Crippen molar-refractivity contribution >= 4 is 40.2 Å². The molecule has 1 unspecified atom stereocenters. The van der Waals surface area contributed by atoms with Crippen LogP contribution >= 0.6 is 11.6 Å². The fraction of sp³-hybridized carbons (Fsp3) is 0.312. The van der Waals surface area contributed by atoms with Crippen LogP contribution in [0.1, 0.15) is 6.92 Å². The predicted octanol–water partition coefficient (Wildman–Crippen LogP) is 1.97. The summed E-state index contributed by atoms with van der Waals surface area (Å²) >= 11 is 6.04. The Bertz CT molecular complexity index is 867. The van der Waals surface area contributed by atoms with Gasteiger partial charge in [-0.1, -0.05) is 17.7 Å². The molecule has 1 aromatic carbocycles. The van der Waals surface area contributed by atoms with Crippen LogP contribution in [0.5, 0.6) is 0 Å². The number of nitrogens with zero attached hydrogens (tertiary/aromatic N) is 4. The van der Waals surface area contributed by atoms with E-state index < -0.39 is 6.10 Å². The zero-order chi connectivity index (χ0) is 17.8. The van der Waals surface area contributed by atoms with Gasteiger partial charge in [0.1, 0.15) is 0 Å². The Balaban J connectivity index is 1.98. The molecular weight excluding hydrogens is 342 g/mol. The molecule has 0 aliphatic heterocycles. The second-order valence-corrected chi connectivity index (χ2v) is 5.94. The molecule has 0 amide bonds. The maximum atomic E-state index is 9.64. The van der Waals surface area contributed by atoms with E-state index in [0.717, 1.165) is 12.2 Å². The maximum Gasteiger partial charge on any atom is 0.226 e. The van der Waals surface area contributed by atoms with E-state index >= 15 is 0 Å². The summed E-state index contributed by atoms with van der Waals surface area (Å²) in [7, 11) is 0. The van der Waals surface area contributed by atoms with Crippen molar-refractivity contribution in [2.45, 2.75) is 19.6 Å². The fourth-order valence-corrected chi connectivity index (χ4v) is 2.53. The number of hydrogen-bond acceptors (Lipinski definition) is 7. The second-order valence-electron chi connectivity index (χ2n) is 5.50. The predicted molar refractivity (Wildman–Crippen MR) is 99.3 cm³/mol. The number of imidazole rings is 1. The zero-order valence-electron chi connectivity index (χ0n) is 13.8. The number of aromatic nitrogens is 4. The average molecular weight is 362 g/mol. The molecule has 0 fully saturated rings. The summed E-state index contributed by atoms with van der Waals surface area (Å²) in [6, 6.07) is 7.35. The van der Waals surface area contributed by atoms with Crippen LogP contribution in [0.4, 0.5) is 17.5 Å². The molecule has 0 saturated heterocycles. The molecule has 1 atom stereocenters. The lowest BCUT2D eigenvalue weighted by Gasteiger charge is -2.12. The van der Waals surface area contributed by atoms with Crippen molar-refractivity contribution in [3.05, 3.63) is 35.6 Å². The van der Waals surface area contributed by atoms with Gasteiger partial charge in [-0.05, 0) is 25.1 Å². The Morgan fingerprint density at radius 3 is 2.92 bits per heavy atom. The number of rotatable bonds is 7. The topological polar surface area (TPSA) is 114 Å². The summed E-state index contributed by atoms with van der Waals surface area (Å²) in [5, 5.41) is 16.5. The highest BCUT2D eigenvalue weighted by molar-refractivity contribution is 6.30. The molecule has 8 nitrogen and oxygen atoms in total. The molecule has 0 bridgehead atoms. The zero-order valence-corrected chi connectivity index (χ0v) is 14.5. The van der Waals surface area contributed by atoms with Crippen molar-refractivity contribution in [1.82, 2.24) is 19.5 Å². The van der Waals surface area contributed by atoms with Gasteiger partial charge in [0.25, 0.3) is 0 Å². The van der Waals surface area contributed by atoms with E-state index in [4.69, 9.17) is 17.3 Å². The molecule has 2 aromatic heterocycles. The van der Waals surface area contributed by atoms with Crippen LogP contribution in [0.2, 0.25) is 5.02 Å². The quantitative estimate of drug-likeness (QED) is 0.508. The van der Waals surface area contributed by atoms with Gasteiger partial charge < -0.3 is 26.0 Å². The number of halogens is 1. The van der Waals surface area contributed by atoms with E-state index in [1.807, 2.05) is 23.6 Å². The van der Waals surface area contributed by atoms with E-state index in [1.165, 1.54) is 0 Å². The van der Waals surface area contributed by atoms with Crippen LogP contribution in [-0.2, 0) is 6.54 Å². The molecule has 3 rings (SSSR count). The molecule has 2 heterocycles. The Labute approximate surface area is 150 Å². The van der Waals surface area contributed by atoms with Gasteiger partial charge in [-0.3, -0.25) is 0 Å². The lowest BCUT2D eigenvalue weighted by Crippen LogP contribution is -2.28. The highest BCUT2D eigenvalue weighted by Gasteiger charge is 2.14. The molecular formula is C16H20ClN7O. The minimum atomic E-state index is -0.667. The molecule has 0 radical (unpaired) electrons. The van der Waals surface area contributed by atoms with E-state index in [2.05, 4.69) is 25.6 Å². The summed E-state index contributed by atoms with van der Waals surface area (Å²) in [5.74, 6) is 0.948. The van der Waals surface area contributed by atoms with Gasteiger partial charge in [-0.25, -0.2) is 4.98 Å². The molecule has 0 aliphatic carbocycles.